The molecule has 0 saturated heterocycles. The molecule has 0 spiro atoms. The number of nitrogens with zero attached hydrogens (tertiary/aromatic N) is 1. The Kier molecular flexibility index (Phi) is 4.96. The van der Waals surface area contributed by atoms with Crippen molar-refractivity contribution in [2.45, 2.75) is 12.8 Å². The Labute approximate surface area is 122 Å². The average molecular weight is 291 g/mol. The third-order valence-electron chi connectivity index (χ3n) is 2.83. The first kappa shape index (κ1) is 14.3. The first-order chi connectivity index (χ1) is 9.69. The molecule has 1 aromatic carbocycles. The number of nitrogens with one attached hydrogen (secondary N) is 1. The van der Waals surface area contributed by atoms with Crippen LogP contribution in [0.15, 0.2) is 42.6 Å². The molecule has 0 aliphatic heterocycles. The van der Waals surface area contributed by atoms with Gasteiger partial charge >= 0.3 is 0 Å². The number of amides is 1. The molecule has 0 atom stereocenters. The average Bonchev–Trinajstić information content (AvgIpc) is 2.48. The predicted molar refractivity (Wildman–Crippen MR) is 79.2 cm³/mol. The number of carbonyl (C=O) groups excluding carboxylic acids is 1. The fourth-order valence-corrected chi connectivity index (χ4v) is 1.91. The van der Waals surface area contributed by atoms with Gasteiger partial charge in [-0.3, -0.25) is 4.79 Å². The lowest BCUT2D eigenvalue weighted by Crippen LogP contribution is -2.12. The summed E-state index contributed by atoms with van der Waals surface area (Å²) in [6.07, 6.45) is 2.63. The maximum absolute atomic E-state index is 11.8. The molecule has 2 rings (SSSR count). The molecule has 0 radical (unpaired) electrons. The number of aromatic nitrogens is 1. The Hall–Kier alpha value is -2.07. The summed E-state index contributed by atoms with van der Waals surface area (Å²) in [5.41, 5.74) is 1.62. The zero-order valence-electron chi connectivity index (χ0n) is 11.1. The Morgan fingerprint density at radius 2 is 2.05 bits per heavy atom. The van der Waals surface area contributed by atoms with E-state index in [1.807, 2.05) is 24.3 Å². The highest BCUT2D eigenvalue weighted by Gasteiger charge is 2.06. The van der Waals surface area contributed by atoms with Crippen molar-refractivity contribution in [3.05, 3.63) is 53.3 Å². The van der Waals surface area contributed by atoms with Gasteiger partial charge in [0, 0.05) is 12.6 Å². The number of hydrogen-bond acceptors (Lipinski definition) is 3. The van der Waals surface area contributed by atoms with Gasteiger partial charge in [0.15, 0.2) is 5.15 Å². The standard InChI is InChI=1S/C15H15ClN2O2/c1-20-12-7-4-11(5-8-12)6-9-14(19)18-13-3-2-10-17-15(13)16/h2-5,7-8,10H,6,9H2,1H3,(H,18,19). The van der Waals surface area contributed by atoms with E-state index >= 15 is 0 Å². The number of halogens is 1. The quantitative estimate of drug-likeness (QED) is 0.860. The van der Waals surface area contributed by atoms with Crippen LogP contribution < -0.4 is 10.1 Å². The predicted octanol–water partition coefficient (Wildman–Crippen LogP) is 3.31. The molecule has 0 unspecified atom stereocenters. The molecule has 4 nitrogen and oxygen atoms in total. The van der Waals surface area contributed by atoms with Gasteiger partial charge < -0.3 is 10.1 Å². The molecule has 2 aromatic rings. The molecule has 1 amide bonds. The SMILES string of the molecule is COc1ccc(CCC(=O)Nc2cccnc2Cl)cc1. The second-order valence-corrected chi connectivity index (χ2v) is 4.60. The van der Waals surface area contributed by atoms with Gasteiger partial charge in [0.25, 0.3) is 0 Å². The van der Waals surface area contributed by atoms with Crippen LogP contribution in [0.2, 0.25) is 5.15 Å². The summed E-state index contributed by atoms with van der Waals surface area (Å²) < 4.78 is 5.09. The van der Waals surface area contributed by atoms with Gasteiger partial charge in [-0.15, -0.1) is 0 Å². The molecule has 0 fully saturated rings. The maximum atomic E-state index is 11.8. The lowest BCUT2D eigenvalue weighted by molar-refractivity contribution is -0.116. The van der Waals surface area contributed by atoms with Crippen LogP contribution in [0, 0.1) is 0 Å². The molecule has 104 valence electrons. The van der Waals surface area contributed by atoms with Gasteiger partial charge in [-0.1, -0.05) is 23.7 Å². The zero-order chi connectivity index (χ0) is 14.4. The van der Waals surface area contributed by atoms with E-state index in [1.165, 1.54) is 0 Å². The number of carbonyl (C=O) groups is 1. The normalized spacial score (nSPS) is 10.1. The first-order valence-corrected chi connectivity index (χ1v) is 6.60. The van der Waals surface area contributed by atoms with E-state index in [9.17, 15) is 4.79 Å². The Morgan fingerprint density at radius 3 is 2.70 bits per heavy atom. The topological polar surface area (TPSA) is 51.2 Å². The van der Waals surface area contributed by atoms with Crippen molar-refractivity contribution >= 4 is 23.2 Å². The lowest BCUT2D eigenvalue weighted by Gasteiger charge is -2.06. The van der Waals surface area contributed by atoms with Crippen LogP contribution in [0.4, 0.5) is 5.69 Å². The van der Waals surface area contributed by atoms with Crippen molar-refractivity contribution in [3.8, 4) is 5.75 Å². The van der Waals surface area contributed by atoms with Gasteiger partial charge in [0.2, 0.25) is 5.91 Å². The number of pyridine rings is 1. The number of aryl methyl sites for hydroxylation is 1. The highest BCUT2D eigenvalue weighted by molar-refractivity contribution is 6.32. The largest absolute Gasteiger partial charge is 0.497 e. The number of hydrogen-bond donors (Lipinski definition) is 1. The van der Waals surface area contributed by atoms with Crippen LogP contribution in [0.3, 0.4) is 0 Å². The van der Waals surface area contributed by atoms with Gasteiger partial charge in [-0.2, -0.15) is 0 Å². The minimum atomic E-state index is -0.0873. The van der Waals surface area contributed by atoms with Crippen molar-refractivity contribution < 1.29 is 9.53 Å². The van der Waals surface area contributed by atoms with E-state index in [0.717, 1.165) is 11.3 Å². The second-order valence-electron chi connectivity index (χ2n) is 4.24. The minimum absolute atomic E-state index is 0.0873. The number of methoxy groups -OCH3 is 1. The van der Waals surface area contributed by atoms with Crippen molar-refractivity contribution in [1.29, 1.82) is 0 Å². The molecule has 0 bridgehead atoms. The van der Waals surface area contributed by atoms with Crippen LogP contribution in [-0.2, 0) is 11.2 Å². The summed E-state index contributed by atoms with van der Waals surface area (Å²) in [5.74, 6) is 0.719. The fourth-order valence-electron chi connectivity index (χ4n) is 1.74. The zero-order valence-corrected chi connectivity index (χ0v) is 11.9. The fraction of sp³-hybridized carbons (Fsp3) is 0.200. The molecule has 1 N–H and O–H groups in total. The number of rotatable bonds is 5. The molecule has 5 heteroatoms. The van der Waals surface area contributed by atoms with Crippen LogP contribution in [0.5, 0.6) is 5.75 Å². The molecule has 1 heterocycles. The minimum Gasteiger partial charge on any atom is -0.497 e. The van der Waals surface area contributed by atoms with Crippen molar-refractivity contribution in [2.24, 2.45) is 0 Å². The molecule has 0 aliphatic rings. The summed E-state index contributed by atoms with van der Waals surface area (Å²) in [6, 6.07) is 11.1. The highest BCUT2D eigenvalue weighted by Crippen LogP contribution is 2.18. The molecule has 20 heavy (non-hydrogen) atoms. The Morgan fingerprint density at radius 1 is 1.30 bits per heavy atom. The maximum Gasteiger partial charge on any atom is 0.224 e. The number of benzene rings is 1. The van der Waals surface area contributed by atoms with E-state index in [2.05, 4.69) is 10.3 Å². The highest BCUT2D eigenvalue weighted by atomic mass is 35.5. The summed E-state index contributed by atoms with van der Waals surface area (Å²) >= 11 is 5.88. The Balaban J connectivity index is 1.87. The second kappa shape index (κ2) is 6.91. The molecule has 0 aliphatic carbocycles. The lowest BCUT2D eigenvalue weighted by atomic mass is 10.1. The summed E-state index contributed by atoms with van der Waals surface area (Å²) in [7, 11) is 1.63. The van der Waals surface area contributed by atoms with Gasteiger partial charge in [0.1, 0.15) is 5.75 Å². The van der Waals surface area contributed by atoms with E-state index in [-0.39, 0.29) is 5.91 Å². The van der Waals surface area contributed by atoms with Crippen LogP contribution in [0.25, 0.3) is 0 Å². The third kappa shape index (κ3) is 3.96. The number of ether oxygens (including phenoxy) is 1. The summed E-state index contributed by atoms with van der Waals surface area (Å²) in [6.45, 7) is 0. The monoisotopic (exact) mass is 290 g/mol. The molecule has 1 aromatic heterocycles. The van der Waals surface area contributed by atoms with Gasteiger partial charge in [0.05, 0.1) is 12.8 Å². The van der Waals surface area contributed by atoms with E-state index in [4.69, 9.17) is 16.3 Å². The van der Waals surface area contributed by atoms with Crippen LogP contribution in [0.1, 0.15) is 12.0 Å². The Bertz CT molecular complexity index is 585. The summed E-state index contributed by atoms with van der Waals surface area (Å²) in [4.78, 5) is 15.7. The van der Waals surface area contributed by atoms with E-state index < -0.39 is 0 Å². The van der Waals surface area contributed by atoms with Gasteiger partial charge in [-0.05, 0) is 36.2 Å². The van der Waals surface area contributed by atoms with Crippen molar-refractivity contribution in [1.82, 2.24) is 4.98 Å². The smallest absolute Gasteiger partial charge is 0.224 e. The first-order valence-electron chi connectivity index (χ1n) is 6.22. The van der Waals surface area contributed by atoms with E-state index in [0.29, 0.717) is 23.7 Å². The van der Waals surface area contributed by atoms with Crippen LogP contribution >= 0.6 is 11.6 Å². The third-order valence-corrected chi connectivity index (χ3v) is 3.13. The van der Waals surface area contributed by atoms with Crippen LogP contribution in [-0.4, -0.2) is 18.0 Å². The number of anilines is 1. The van der Waals surface area contributed by atoms with Gasteiger partial charge in [-0.25, -0.2) is 4.98 Å². The molecule has 0 saturated carbocycles. The van der Waals surface area contributed by atoms with Crippen molar-refractivity contribution in [3.63, 3.8) is 0 Å². The molecular weight excluding hydrogens is 276 g/mol. The van der Waals surface area contributed by atoms with E-state index in [1.54, 1.807) is 25.4 Å². The molecular formula is C15H15ClN2O2. The summed E-state index contributed by atoms with van der Waals surface area (Å²) in [5, 5.41) is 3.04. The van der Waals surface area contributed by atoms with Crippen molar-refractivity contribution in [2.75, 3.05) is 12.4 Å².